The normalized spacial score (nSPS) is 19.4. The second-order valence-electron chi connectivity index (χ2n) is 7.77. The van der Waals surface area contributed by atoms with Crippen LogP contribution in [-0.4, -0.2) is 43.5 Å². The van der Waals surface area contributed by atoms with E-state index in [-0.39, 0.29) is 5.91 Å². The maximum Gasteiger partial charge on any atom is 0.262 e. The van der Waals surface area contributed by atoms with Crippen LogP contribution in [0.15, 0.2) is 36.9 Å². The summed E-state index contributed by atoms with van der Waals surface area (Å²) < 4.78 is 3.44. The van der Waals surface area contributed by atoms with Gasteiger partial charge in [0.15, 0.2) is 0 Å². The van der Waals surface area contributed by atoms with Crippen LogP contribution >= 0.6 is 0 Å². The van der Waals surface area contributed by atoms with Gasteiger partial charge in [0.25, 0.3) is 5.91 Å². The van der Waals surface area contributed by atoms with Crippen molar-refractivity contribution in [1.82, 2.24) is 24.5 Å². The van der Waals surface area contributed by atoms with E-state index in [0.717, 1.165) is 36.0 Å². The SMILES string of the molecule is C[C@H]1CCCN(c2ccc(-n3cc4c(n3)CN(c3cnn(C)c3)C4=O)cn2)C1. The summed E-state index contributed by atoms with van der Waals surface area (Å²) in [4.78, 5) is 21.4. The molecule has 8 heteroatoms. The van der Waals surface area contributed by atoms with Crippen molar-refractivity contribution in [3.8, 4) is 5.69 Å². The molecule has 28 heavy (non-hydrogen) atoms. The first kappa shape index (κ1) is 17.0. The molecule has 1 atom stereocenters. The van der Waals surface area contributed by atoms with Gasteiger partial charge in [0.1, 0.15) is 5.82 Å². The fourth-order valence-corrected chi connectivity index (χ4v) is 4.06. The van der Waals surface area contributed by atoms with Crippen LogP contribution in [0.3, 0.4) is 0 Å². The highest BCUT2D eigenvalue weighted by molar-refractivity contribution is 6.09. The lowest BCUT2D eigenvalue weighted by Crippen LogP contribution is -2.34. The summed E-state index contributed by atoms with van der Waals surface area (Å²) in [5.41, 5.74) is 3.07. The molecule has 0 radical (unpaired) electrons. The number of hydrogen-bond acceptors (Lipinski definition) is 5. The number of aromatic nitrogens is 5. The quantitative estimate of drug-likeness (QED) is 0.701. The van der Waals surface area contributed by atoms with E-state index in [1.165, 1.54) is 12.8 Å². The number of rotatable bonds is 3. The molecule has 3 aromatic rings. The standard InChI is InChI=1S/C20H23N7O/c1-14-4-3-7-25(10-14)19-6-5-15(8-21-19)27-12-17-18(23-27)13-26(20(17)28)16-9-22-24(2)11-16/h5-6,8-9,11-12,14H,3-4,7,10,13H2,1-2H3/t14-/m0/s1. The first-order valence-corrected chi connectivity index (χ1v) is 9.69. The van der Waals surface area contributed by atoms with E-state index < -0.39 is 0 Å². The van der Waals surface area contributed by atoms with Gasteiger partial charge in [0.05, 0.1) is 41.6 Å². The number of hydrogen-bond donors (Lipinski definition) is 0. The van der Waals surface area contributed by atoms with Gasteiger partial charge in [-0.05, 0) is 30.9 Å². The van der Waals surface area contributed by atoms with Crippen molar-refractivity contribution >= 4 is 17.4 Å². The highest BCUT2D eigenvalue weighted by atomic mass is 16.2. The molecule has 8 nitrogen and oxygen atoms in total. The number of carbonyl (C=O) groups is 1. The second kappa shape index (κ2) is 6.47. The van der Waals surface area contributed by atoms with Gasteiger partial charge in [-0.3, -0.25) is 14.4 Å². The van der Waals surface area contributed by atoms with Crippen LogP contribution in [0.1, 0.15) is 35.8 Å². The summed E-state index contributed by atoms with van der Waals surface area (Å²) >= 11 is 0. The molecule has 3 aromatic heterocycles. The lowest BCUT2D eigenvalue weighted by molar-refractivity contribution is 0.0996. The monoisotopic (exact) mass is 377 g/mol. The first-order chi connectivity index (χ1) is 13.6. The number of aryl methyl sites for hydroxylation is 1. The van der Waals surface area contributed by atoms with Crippen molar-refractivity contribution in [2.45, 2.75) is 26.3 Å². The minimum atomic E-state index is -0.0406. The minimum absolute atomic E-state index is 0.0406. The van der Waals surface area contributed by atoms with Crippen molar-refractivity contribution in [1.29, 1.82) is 0 Å². The summed E-state index contributed by atoms with van der Waals surface area (Å²) in [6.07, 6.45) is 9.67. The molecule has 0 unspecified atom stereocenters. The van der Waals surface area contributed by atoms with E-state index in [4.69, 9.17) is 0 Å². The molecule has 0 spiro atoms. The number of fused-ring (bicyclic) bond motifs is 1. The summed E-state index contributed by atoms with van der Waals surface area (Å²) in [6, 6.07) is 4.07. The van der Waals surface area contributed by atoms with Gasteiger partial charge >= 0.3 is 0 Å². The molecule has 5 heterocycles. The highest BCUT2D eigenvalue weighted by Crippen LogP contribution is 2.28. The topological polar surface area (TPSA) is 72.1 Å². The van der Waals surface area contributed by atoms with E-state index in [2.05, 4.69) is 27.0 Å². The van der Waals surface area contributed by atoms with Crippen molar-refractivity contribution < 1.29 is 4.79 Å². The van der Waals surface area contributed by atoms with Gasteiger partial charge in [-0.15, -0.1) is 0 Å². The zero-order chi connectivity index (χ0) is 19.3. The molecular formula is C20H23N7O. The van der Waals surface area contributed by atoms with Crippen LogP contribution in [0.25, 0.3) is 5.69 Å². The van der Waals surface area contributed by atoms with E-state index in [9.17, 15) is 4.79 Å². The Morgan fingerprint density at radius 3 is 2.71 bits per heavy atom. The number of anilines is 2. The average Bonchev–Trinajstić information content (AvgIpc) is 3.38. The van der Waals surface area contributed by atoms with Crippen molar-refractivity contribution in [3.63, 3.8) is 0 Å². The van der Waals surface area contributed by atoms with Gasteiger partial charge in [0, 0.05) is 32.5 Å². The van der Waals surface area contributed by atoms with Gasteiger partial charge < -0.3 is 4.90 Å². The highest BCUT2D eigenvalue weighted by Gasteiger charge is 2.32. The molecule has 144 valence electrons. The molecule has 0 aliphatic carbocycles. The summed E-state index contributed by atoms with van der Waals surface area (Å²) in [5, 5.41) is 8.77. The fourth-order valence-electron chi connectivity index (χ4n) is 4.06. The maximum atomic E-state index is 12.8. The second-order valence-corrected chi connectivity index (χ2v) is 7.77. The molecule has 1 fully saturated rings. The van der Waals surface area contributed by atoms with Crippen LogP contribution in [0.4, 0.5) is 11.5 Å². The lowest BCUT2D eigenvalue weighted by Gasteiger charge is -2.31. The van der Waals surface area contributed by atoms with Gasteiger partial charge in [0.2, 0.25) is 0 Å². The number of carbonyl (C=O) groups excluding carboxylic acids is 1. The van der Waals surface area contributed by atoms with Crippen molar-refractivity contribution in [2.75, 3.05) is 22.9 Å². The Kier molecular flexibility index (Phi) is 3.92. The Bertz CT molecular complexity index is 1020. The fraction of sp³-hybridized carbons (Fsp3) is 0.400. The maximum absolute atomic E-state index is 12.8. The summed E-state index contributed by atoms with van der Waals surface area (Å²) in [7, 11) is 1.84. The lowest BCUT2D eigenvalue weighted by atomic mass is 10.0. The minimum Gasteiger partial charge on any atom is -0.356 e. The molecule has 0 N–H and O–H groups in total. The van der Waals surface area contributed by atoms with E-state index in [1.54, 1.807) is 26.7 Å². The predicted octanol–water partition coefficient (Wildman–Crippen LogP) is 2.40. The van der Waals surface area contributed by atoms with Crippen molar-refractivity contribution in [3.05, 3.63) is 48.2 Å². The third kappa shape index (κ3) is 2.85. The number of pyridine rings is 1. The Hall–Kier alpha value is -3.16. The van der Waals surface area contributed by atoms with Crippen molar-refractivity contribution in [2.24, 2.45) is 13.0 Å². The largest absolute Gasteiger partial charge is 0.356 e. The van der Waals surface area contributed by atoms with Crippen LogP contribution in [0, 0.1) is 5.92 Å². The van der Waals surface area contributed by atoms with E-state index >= 15 is 0 Å². The van der Waals surface area contributed by atoms with Crippen LogP contribution in [0.2, 0.25) is 0 Å². The Balaban J connectivity index is 1.35. The third-order valence-electron chi connectivity index (χ3n) is 5.55. The molecule has 2 aliphatic heterocycles. The zero-order valence-corrected chi connectivity index (χ0v) is 16.1. The number of amides is 1. The molecule has 1 saturated heterocycles. The van der Waals surface area contributed by atoms with Crippen LogP contribution in [-0.2, 0) is 13.6 Å². The Labute approximate surface area is 163 Å². The van der Waals surface area contributed by atoms with Gasteiger partial charge in [-0.2, -0.15) is 10.2 Å². The average molecular weight is 377 g/mol. The number of nitrogens with zero attached hydrogens (tertiary/aromatic N) is 7. The molecule has 0 aromatic carbocycles. The predicted molar refractivity (Wildman–Crippen MR) is 106 cm³/mol. The molecule has 0 saturated carbocycles. The molecular weight excluding hydrogens is 354 g/mol. The Morgan fingerprint density at radius 1 is 1.14 bits per heavy atom. The molecule has 5 rings (SSSR count). The van der Waals surface area contributed by atoms with Crippen LogP contribution in [0.5, 0.6) is 0 Å². The Morgan fingerprint density at radius 2 is 2.04 bits per heavy atom. The van der Waals surface area contributed by atoms with E-state index in [1.807, 2.05) is 31.6 Å². The third-order valence-corrected chi connectivity index (χ3v) is 5.55. The zero-order valence-electron chi connectivity index (χ0n) is 16.1. The van der Waals surface area contributed by atoms with Gasteiger partial charge in [-0.1, -0.05) is 6.92 Å². The molecule has 1 amide bonds. The molecule has 2 aliphatic rings. The summed E-state index contributed by atoms with van der Waals surface area (Å²) in [5.74, 6) is 1.67. The van der Waals surface area contributed by atoms with E-state index in [0.29, 0.717) is 18.0 Å². The summed E-state index contributed by atoms with van der Waals surface area (Å²) in [6.45, 7) is 4.87. The van der Waals surface area contributed by atoms with Crippen LogP contribution < -0.4 is 9.80 Å². The number of piperidine rings is 1. The first-order valence-electron chi connectivity index (χ1n) is 9.69. The smallest absolute Gasteiger partial charge is 0.262 e. The molecule has 0 bridgehead atoms. The van der Waals surface area contributed by atoms with Gasteiger partial charge in [-0.25, -0.2) is 9.67 Å².